The molecular weight excluding hydrogens is 263 g/mol. The second-order valence-electron chi connectivity index (χ2n) is 2.88. The summed E-state index contributed by atoms with van der Waals surface area (Å²) in [5, 5.41) is 3.41. The molecule has 0 radical (unpaired) electrons. The SMILES string of the molecule is IN1CCCNc2ccccc21. The van der Waals surface area contributed by atoms with E-state index in [2.05, 4.69) is 55.6 Å². The monoisotopic (exact) mass is 274 g/mol. The third-order valence-electron chi connectivity index (χ3n) is 2.01. The maximum Gasteiger partial charge on any atom is 0.0689 e. The minimum absolute atomic E-state index is 1.08. The third-order valence-corrected chi connectivity index (χ3v) is 3.01. The van der Waals surface area contributed by atoms with Crippen LogP contribution >= 0.6 is 22.9 Å². The van der Waals surface area contributed by atoms with E-state index in [-0.39, 0.29) is 0 Å². The number of benzene rings is 1. The Bertz CT molecular complexity index is 275. The van der Waals surface area contributed by atoms with Crippen molar-refractivity contribution in [2.45, 2.75) is 6.42 Å². The number of fused-ring (bicyclic) bond motifs is 1. The zero-order valence-corrected chi connectivity index (χ0v) is 8.91. The van der Waals surface area contributed by atoms with Crippen LogP contribution < -0.4 is 8.43 Å². The Balaban J connectivity index is 2.39. The van der Waals surface area contributed by atoms with Crippen molar-refractivity contribution in [1.29, 1.82) is 0 Å². The predicted octanol–water partition coefficient (Wildman–Crippen LogP) is 2.66. The standard InChI is InChI=1S/C9H11IN2/c10-12-7-3-6-11-8-4-1-2-5-9(8)12/h1-2,4-5,11H,3,6-7H2. The molecule has 0 aliphatic carbocycles. The lowest BCUT2D eigenvalue weighted by Crippen LogP contribution is -2.09. The van der Waals surface area contributed by atoms with Gasteiger partial charge in [-0.2, -0.15) is 0 Å². The molecule has 1 aliphatic heterocycles. The lowest BCUT2D eigenvalue weighted by molar-refractivity contribution is 0.906. The minimum atomic E-state index is 1.08. The van der Waals surface area contributed by atoms with Gasteiger partial charge in [-0.25, -0.2) is 0 Å². The molecule has 0 unspecified atom stereocenters. The van der Waals surface area contributed by atoms with Gasteiger partial charge in [0.15, 0.2) is 0 Å². The highest BCUT2D eigenvalue weighted by Crippen LogP contribution is 2.29. The van der Waals surface area contributed by atoms with Gasteiger partial charge in [0.25, 0.3) is 0 Å². The molecule has 3 heteroatoms. The molecule has 0 bridgehead atoms. The molecular formula is C9H11IN2. The van der Waals surface area contributed by atoms with Gasteiger partial charge in [-0.3, -0.25) is 0 Å². The lowest BCUT2D eigenvalue weighted by Gasteiger charge is -2.15. The van der Waals surface area contributed by atoms with Crippen molar-refractivity contribution in [3.8, 4) is 0 Å². The third kappa shape index (κ3) is 1.50. The fourth-order valence-corrected chi connectivity index (χ4v) is 2.16. The van der Waals surface area contributed by atoms with E-state index in [0.29, 0.717) is 0 Å². The van der Waals surface area contributed by atoms with Gasteiger partial charge < -0.3 is 8.43 Å². The van der Waals surface area contributed by atoms with Gasteiger partial charge in [-0.15, -0.1) is 0 Å². The van der Waals surface area contributed by atoms with Crippen LogP contribution in [0.5, 0.6) is 0 Å². The highest BCUT2D eigenvalue weighted by Gasteiger charge is 2.10. The number of halogens is 1. The zero-order chi connectivity index (χ0) is 8.39. The summed E-state index contributed by atoms with van der Waals surface area (Å²) in [4.78, 5) is 0. The number of hydrogen-bond acceptors (Lipinski definition) is 2. The average molecular weight is 274 g/mol. The molecule has 0 amide bonds. The van der Waals surface area contributed by atoms with Gasteiger partial charge >= 0.3 is 0 Å². The molecule has 2 rings (SSSR count). The fraction of sp³-hybridized carbons (Fsp3) is 0.333. The Kier molecular flexibility index (Phi) is 2.39. The topological polar surface area (TPSA) is 15.3 Å². The van der Waals surface area contributed by atoms with Gasteiger partial charge in [0, 0.05) is 13.1 Å². The summed E-state index contributed by atoms with van der Waals surface area (Å²) >= 11 is 2.37. The van der Waals surface area contributed by atoms with Crippen LogP contribution in [0.3, 0.4) is 0 Å². The van der Waals surface area contributed by atoms with Crippen LogP contribution in [0, 0.1) is 0 Å². The van der Waals surface area contributed by atoms with E-state index in [1.165, 1.54) is 17.8 Å². The molecule has 1 N–H and O–H groups in total. The van der Waals surface area contributed by atoms with Crippen molar-refractivity contribution >= 4 is 34.2 Å². The van der Waals surface area contributed by atoms with Gasteiger partial charge in [-0.1, -0.05) is 12.1 Å². The van der Waals surface area contributed by atoms with E-state index in [1.807, 2.05) is 0 Å². The van der Waals surface area contributed by atoms with Crippen LogP contribution in [-0.2, 0) is 0 Å². The quantitative estimate of drug-likeness (QED) is 0.578. The first-order valence-corrected chi connectivity index (χ1v) is 5.10. The Morgan fingerprint density at radius 2 is 2.17 bits per heavy atom. The molecule has 0 fully saturated rings. The number of para-hydroxylation sites is 2. The molecule has 1 aromatic rings. The molecule has 0 saturated heterocycles. The van der Waals surface area contributed by atoms with Crippen LogP contribution in [0.25, 0.3) is 0 Å². The predicted molar refractivity (Wildman–Crippen MR) is 60.9 cm³/mol. The Labute approximate surface area is 86.4 Å². The number of hydrogen-bond donors (Lipinski definition) is 1. The highest BCUT2D eigenvalue weighted by molar-refractivity contribution is 14.1. The summed E-state index contributed by atoms with van der Waals surface area (Å²) in [6.07, 6.45) is 1.21. The normalized spacial score (nSPS) is 16.2. The summed E-state index contributed by atoms with van der Waals surface area (Å²) in [6, 6.07) is 8.44. The molecule has 0 atom stereocenters. The first-order chi connectivity index (χ1) is 5.88. The summed E-state index contributed by atoms with van der Waals surface area (Å²) in [5.74, 6) is 0. The first kappa shape index (κ1) is 8.16. The second-order valence-corrected chi connectivity index (χ2v) is 4.05. The van der Waals surface area contributed by atoms with Crippen LogP contribution in [0.1, 0.15) is 6.42 Å². The number of nitrogens with zero attached hydrogens (tertiary/aromatic N) is 1. The summed E-state index contributed by atoms with van der Waals surface area (Å²) in [5.41, 5.74) is 2.56. The Hall–Kier alpha value is -0.450. The van der Waals surface area contributed by atoms with Crippen molar-refractivity contribution in [3.05, 3.63) is 24.3 Å². The van der Waals surface area contributed by atoms with Crippen LogP contribution in [0.2, 0.25) is 0 Å². The number of nitrogens with one attached hydrogen (secondary N) is 1. The van der Waals surface area contributed by atoms with E-state index >= 15 is 0 Å². The molecule has 64 valence electrons. The maximum atomic E-state index is 3.41. The summed E-state index contributed by atoms with van der Waals surface area (Å²) in [7, 11) is 0. The maximum absolute atomic E-state index is 3.41. The van der Waals surface area contributed by atoms with Crippen molar-refractivity contribution in [1.82, 2.24) is 0 Å². The van der Waals surface area contributed by atoms with Gasteiger partial charge in [0.2, 0.25) is 0 Å². The molecule has 12 heavy (non-hydrogen) atoms. The van der Waals surface area contributed by atoms with Gasteiger partial charge in [-0.05, 0) is 18.6 Å². The number of rotatable bonds is 0. The van der Waals surface area contributed by atoms with E-state index in [1.54, 1.807) is 0 Å². The molecule has 2 nitrogen and oxygen atoms in total. The fourth-order valence-electron chi connectivity index (χ4n) is 1.40. The van der Waals surface area contributed by atoms with E-state index < -0.39 is 0 Å². The second kappa shape index (κ2) is 3.51. The smallest absolute Gasteiger partial charge is 0.0689 e. The zero-order valence-electron chi connectivity index (χ0n) is 6.76. The Morgan fingerprint density at radius 3 is 3.08 bits per heavy atom. The summed E-state index contributed by atoms with van der Waals surface area (Å²) in [6.45, 7) is 2.21. The first-order valence-electron chi connectivity index (χ1n) is 4.14. The molecule has 0 saturated carbocycles. The largest absolute Gasteiger partial charge is 0.383 e. The van der Waals surface area contributed by atoms with Crippen molar-refractivity contribution < 1.29 is 0 Å². The Morgan fingerprint density at radius 1 is 1.33 bits per heavy atom. The molecule has 1 aromatic carbocycles. The van der Waals surface area contributed by atoms with Gasteiger partial charge in [0.1, 0.15) is 0 Å². The highest BCUT2D eigenvalue weighted by atomic mass is 127. The van der Waals surface area contributed by atoms with E-state index in [4.69, 9.17) is 0 Å². The van der Waals surface area contributed by atoms with E-state index in [9.17, 15) is 0 Å². The van der Waals surface area contributed by atoms with Crippen molar-refractivity contribution in [2.75, 3.05) is 21.5 Å². The van der Waals surface area contributed by atoms with Crippen molar-refractivity contribution in [2.24, 2.45) is 0 Å². The average Bonchev–Trinajstić information content (AvgIpc) is 2.29. The molecule has 0 spiro atoms. The van der Waals surface area contributed by atoms with Crippen LogP contribution in [0.4, 0.5) is 11.4 Å². The van der Waals surface area contributed by atoms with Crippen molar-refractivity contribution in [3.63, 3.8) is 0 Å². The summed E-state index contributed by atoms with van der Waals surface area (Å²) < 4.78 is 2.27. The molecule has 0 aromatic heterocycles. The van der Waals surface area contributed by atoms with Crippen LogP contribution in [-0.4, -0.2) is 13.1 Å². The van der Waals surface area contributed by atoms with Crippen LogP contribution in [0.15, 0.2) is 24.3 Å². The molecule has 1 heterocycles. The van der Waals surface area contributed by atoms with E-state index in [0.717, 1.165) is 13.1 Å². The molecule has 1 aliphatic rings. The minimum Gasteiger partial charge on any atom is -0.383 e. The number of anilines is 2. The van der Waals surface area contributed by atoms with Gasteiger partial charge in [0.05, 0.1) is 34.2 Å². The lowest BCUT2D eigenvalue weighted by atomic mass is 10.3.